The Morgan fingerprint density at radius 1 is 1.26 bits per heavy atom. The van der Waals surface area contributed by atoms with Crippen molar-refractivity contribution in [2.75, 3.05) is 5.32 Å². The van der Waals surface area contributed by atoms with Crippen LogP contribution in [0.25, 0.3) is 0 Å². The number of anilines is 1. The van der Waals surface area contributed by atoms with Gasteiger partial charge in [0.25, 0.3) is 5.56 Å². The summed E-state index contributed by atoms with van der Waals surface area (Å²) in [4.78, 5) is 34.7. The van der Waals surface area contributed by atoms with Crippen LogP contribution in [0.3, 0.4) is 0 Å². The van der Waals surface area contributed by atoms with E-state index in [0.29, 0.717) is 12.1 Å². The van der Waals surface area contributed by atoms with Gasteiger partial charge in [-0.15, -0.1) is 0 Å². The number of aromatic amines is 1. The number of carbonyl (C=O) groups excluding carboxylic acids is 1. The number of nitrogens with zero attached hydrogens (tertiary/aromatic N) is 1. The molecule has 1 unspecified atom stereocenters. The molecular formula is C19H22N4O4. The molecule has 8 nitrogen and oxygen atoms in total. The van der Waals surface area contributed by atoms with Crippen LogP contribution in [0.2, 0.25) is 0 Å². The maximum absolute atomic E-state index is 12.0. The monoisotopic (exact) mass is 370 g/mol. The summed E-state index contributed by atoms with van der Waals surface area (Å²) < 4.78 is 0. The quantitative estimate of drug-likeness (QED) is 0.639. The summed E-state index contributed by atoms with van der Waals surface area (Å²) in [5.41, 5.74) is 4.12. The Labute approximate surface area is 156 Å². The van der Waals surface area contributed by atoms with Gasteiger partial charge in [0.15, 0.2) is 0 Å². The Morgan fingerprint density at radius 3 is 2.74 bits per heavy atom. The van der Waals surface area contributed by atoms with E-state index in [4.69, 9.17) is 5.11 Å². The minimum atomic E-state index is -1.10. The minimum absolute atomic E-state index is 0.104. The fourth-order valence-corrected chi connectivity index (χ4v) is 3.25. The van der Waals surface area contributed by atoms with Crippen LogP contribution in [0.1, 0.15) is 42.1 Å². The van der Waals surface area contributed by atoms with Crippen molar-refractivity contribution in [2.24, 2.45) is 0 Å². The number of hydrogen-bond donors (Lipinski definition) is 4. The minimum Gasteiger partial charge on any atom is -0.480 e. The van der Waals surface area contributed by atoms with Gasteiger partial charge in [0.2, 0.25) is 0 Å². The number of fused-ring (bicyclic) bond motifs is 1. The third kappa shape index (κ3) is 4.52. The van der Waals surface area contributed by atoms with E-state index in [2.05, 4.69) is 20.8 Å². The van der Waals surface area contributed by atoms with Crippen molar-refractivity contribution in [2.45, 2.75) is 45.1 Å². The number of urea groups is 1. The lowest BCUT2D eigenvalue weighted by molar-refractivity contribution is -0.138. The number of H-pyrrole nitrogens is 1. The fourth-order valence-electron chi connectivity index (χ4n) is 3.25. The van der Waals surface area contributed by atoms with Gasteiger partial charge >= 0.3 is 12.0 Å². The van der Waals surface area contributed by atoms with Crippen LogP contribution in [0.4, 0.5) is 10.5 Å². The van der Waals surface area contributed by atoms with Crippen LogP contribution in [-0.4, -0.2) is 33.3 Å². The zero-order valence-corrected chi connectivity index (χ0v) is 15.0. The molecule has 0 saturated carbocycles. The van der Waals surface area contributed by atoms with Crippen molar-refractivity contribution in [3.8, 4) is 0 Å². The summed E-state index contributed by atoms with van der Waals surface area (Å²) in [5.74, 6) is -1.10. The van der Waals surface area contributed by atoms with E-state index in [9.17, 15) is 14.4 Å². The van der Waals surface area contributed by atoms with E-state index in [0.717, 1.165) is 48.1 Å². The largest absolute Gasteiger partial charge is 0.480 e. The molecule has 2 aromatic rings. The van der Waals surface area contributed by atoms with Crippen molar-refractivity contribution >= 4 is 17.7 Å². The summed E-state index contributed by atoms with van der Waals surface area (Å²) in [7, 11) is 0. The van der Waals surface area contributed by atoms with Gasteiger partial charge in [-0.25, -0.2) is 9.89 Å². The number of aromatic nitrogens is 2. The normalized spacial score (nSPS) is 14.1. The summed E-state index contributed by atoms with van der Waals surface area (Å²) in [5, 5.41) is 20.6. The number of benzene rings is 1. The van der Waals surface area contributed by atoms with Crippen LogP contribution in [0.5, 0.6) is 0 Å². The Balaban J connectivity index is 1.74. The van der Waals surface area contributed by atoms with E-state index < -0.39 is 18.0 Å². The molecular weight excluding hydrogens is 348 g/mol. The lowest BCUT2D eigenvalue weighted by Crippen LogP contribution is -2.40. The van der Waals surface area contributed by atoms with Gasteiger partial charge in [0.05, 0.1) is 5.69 Å². The first-order valence-electron chi connectivity index (χ1n) is 8.92. The number of aliphatic carboxylic acids is 1. The van der Waals surface area contributed by atoms with Gasteiger partial charge in [-0.05, 0) is 55.9 Å². The van der Waals surface area contributed by atoms with Crippen molar-refractivity contribution < 1.29 is 14.7 Å². The zero-order valence-electron chi connectivity index (χ0n) is 15.0. The van der Waals surface area contributed by atoms with Crippen LogP contribution < -0.4 is 16.2 Å². The van der Waals surface area contributed by atoms with E-state index >= 15 is 0 Å². The Hall–Kier alpha value is -3.16. The second-order valence-corrected chi connectivity index (χ2v) is 6.70. The van der Waals surface area contributed by atoms with Crippen LogP contribution in [0, 0.1) is 0 Å². The molecule has 1 heterocycles. The molecule has 0 spiro atoms. The van der Waals surface area contributed by atoms with Gasteiger partial charge in [-0.1, -0.05) is 12.1 Å². The molecule has 0 saturated heterocycles. The first-order valence-corrected chi connectivity index (χ1v) is 8.92. The number of rotatable bonds is 5. The lowest BCUT2D eigenvalue weighted by Gasteiger charge is -2.17. The molecule has 1 aromatic heterocycles. The first-order chi connectivity index (χ1) is 12.9. The SMILES string of the molecule is CC(NC(=O)Nc1cccc(Cc2n[nH]c(=O)c3c2CCCC3)c1)C(=O)O. The second-order valence-electron chi connectivity index (χ2n) is 6.70. The van der Waals surface area contributed by atoms with Crippen molar-refractivity contribution in [3.05, 3.63) is 57.0 Å². The van der Waals surface area contributed by atoms with Crippen molar-refractivity contribution in [1.29, 1.82) is 0 Å². The average Bonchev–Trinajstić information content (AvgIpc) is 2.64. The summed E-state index contributed by atoms with van der Waals surface area (Å²) in [6.07, 6.45) is 4.25. The van der Waals surface area contributed by atoms with Crippen LogP contribution >= 0.6 is 0 Å². The predicted octanol–water partition coefficient (Wildman–Crippen LogP) is 1.83. The standard InChI is InChI=1S/C19H22N4O4/c1-11(18(25)26)20-19(27)21-13-6-4-5-12(9-13)10-16-14-7-2-3-8-15(14)17(24)23-22-16/h4-6,9,11H,2-3,7-8,10H2,1H3,(H,23,24)(H,25,26)(H2,20,21,27). The van der Waals surface area contributed by atoms with Crippen LogP contribution in [-0.2, 0) is 24.1 Å². The summed E-state index contributed by atoms with van der Waals surface area (Å²) in [6, 6.07) is 5.71. The third-order valence-corrected chi connectivity index (χ3v) is 4.66. The van der Waals surface area contributed by atoms with Crippen molar-refractivity contribution in [1.82, 2.24) is 15.5 Å². The molecule has 8 heteroatoms. The van der Waals surface area contributed by atoms with E-state index in [-0.39, 0.29) is 5.56 Å². The molecule has 0 bridgehead atoms. The van der Waals surface area contributed by atoms with Crippen LogP contribution in [0.15, 0.2) is 29.1 Å². The topological polar surface area (TPSA) is 124 Å². The zero-order chi connectivity index (χ0) is 19.4. The smallest absolute Gasteiger partial charge is 0.325 e. The number of carboxylic acids is 1. The molecule has 2 amide bonds. The Morgan fingerprint density at radius 2 is 2.00 bits per heavy atom. The fraction of sp³-hybridized carbons (Fsp3) is 0.368. The molecule has 1 aliphatic rings. The highest BCUT2D eigenvalue weighted by molar-refractivity contribution is 5.92. The average molecular weight is 370 g/mol. The number of amides is 2. The Kier molecular flexibility index (Phi) is 5.54. The number of carbonyl (C=O) groups is 2. The van der Waals surface area contributed by atoms with Gasteiger partial charge in [-0.2, -0.15) is 5.10 Å². The maximum Gasteiger partial charge on any atom is 0.325 e. The highest BCUT2D eigenvalue weighted by Gasteiger charge is 2.18. The highest BCUT2D eigenvalue weighted by Crippen LogP contribution is 2.22. The van der Waals surface area contributed by atoms with E-state index in [1.54, 1.807) is 6.07 Å². The Bertz CT molecular complexity index is 922. The van der Waals surface area contributed by atoms with E-state index in [1.807, 2.05) is 18.2 Å². The number of carboxylic acid groups (broad SMARTS) is 1. The summed E-state index contributed by atoms with van der Waals surface area (Å²) >= 11 is 0. The summed E-state index contributed by atoms with van der Waals surface area (Å²) in [6.45, 7) is 1.39. The highest BCUT2D eigenvalue weighted by atomic mass is 16.4. The van der Waals surface area contributed by atoms with Gasteiger partial charge in [-0.3, -0.25) is 9.59 Å². The predicted molar refractivity (Wildman–Crippen MR) is 100.0 cm³/mol. The van der Waals surface area contributed by atoms with E-state index in [1.165, 1.54) is 6.92 Å². The maximum atomic E-state index is 12.0. The molecule has 0 fully saturated rings. The number of hydrogen-bond acceptors (Lipinski definition) is 4. The molecule has 1 atom stereocenters. The molecule has 1 aromatic carbocycles. The molecule has 27 heavy (non-hydrogen) atoms. The first kappa shape index (κ1) is 18.6. The lowest BCUT2D eigenvalue weighted by atomic mass is 9.90. The molecule has 0 radical (unpaired) electrons. The second kappa shape index (κ2) is 8.03. The van der Waals surface area contributed by atoms with Gasteiger partial charge in [0.1, 0.15) is 6.04 Å². The van der Waals surface area contributed by atoms with Gasteiger partial charge in [0, 0.05) is 17.7 Å². The molecule has 3 rings (SSSR count). The molecule has 142 valence electrons. The third-order valence-electron chi connectivity index (χ3n) is 4.66. The molecule has 1 aliphatic carbocycles. The van der Waals surface area contributed by atoms with Gasteiger partial charge < -0.3 is 15.7 Å². The number of nitrogens with one attached hydrogen (secondary N) is 3. The molecule has 0 aliphatic heterocycles. The molecule has 4 N–H and O–H groups in total. The van der Waals surface area contributed by atoms with Crippen molar-refractivity contribution in [3.63, 3.8) is 0 Å².